The predicted molar refractivity (Wildman–Crippen MR) is 90.5 cm³/mol. The molecule has 128 valence electrons. The van der Waals surface area contributed by atoms with Crippen molar-refractivity contribution >= 4 is 11.7 Å². The van der Waals surface area contributed by atoms with Crippen LogP contribution in [0.25, 0.3) is 0 Å². The van der Waals surface area contributed by atoms with Gasteiger partial charge in [-0.1, -0.05) is 24.3 Å². The van der Waals surface area contributed by atoms with Gasteiger partial charge in [0.15, 0.2) is 0 Å². The first-order valence-corrected chi connectivity index (χ1v) is 8.19. The van der Waals surface area contributed by atoms with Gasteiger partial charge in [-0.25, -0.2) is 13.6 Å². The molecule has 0 bridgehead atoms. The molecular weight excluding hydrogens is 324 g/mol. The summed E-state index contributed by atoms with van der Waals surface area (Å²) in [7, 11) is 1.34. The third kappa shape index (κ3) is 2.60. The van der Waals surface area contributed by atoms with Crippen LogP contribution in [-0.4, -0.2) is 13.1 Å². The van der Waals surface area contributed by atoms with Crippen molar-refractivity contribution in [1.29, 1.82) is 0 Å². The predicted octanol–water partition coefficient (Wildman–Crippen LogP) is 4.58. The highest BCUT2D eigenvalue weighted by molar-refractivity contribution is 5.89. The summed E-state index contributed by atoms with van der Waals surface area (Å²) in [5.74, 6) is -1.37. The molecule has 2 aromatic rings. The number of anilines is 1. The third-order valence-electron chi connectivity index (χ3n) is 5.08. The van der Waals surface area contributed by atoms with Crippen LogP contribution >= 0.6 is 0 Å². The summed E-state index contributed by atoms with van der Waals surface area (Å²) in [4.78, 5) is 11.6. The van der Waals surface area contributed by atoms with E-state index < -0.39 is 17.6 Å². The molecule has 4 rings (SSSR count). The van der Waals surface area contributed by atoms with Gasteiger partial charge in [-0.2, -0.15) is 0 Å². The first kappa shape index (κ1) is 15.8. The van der Waals surface area contributed by atoms with Crippen molar-refractivity contribution in [2.75, 3.05) is 12.4 Å². The maximum absolute atomic E-state index is 14.3. The van der Waals surface area contributed by atoms with E-state index >= 15 is 0 Å². The summed E-state index contributed by atoms with van der Waals surface area (Å²) in [5.41, 5.74) is 2.45. The smallest absolute Gasteiger partial charge is 0.337 e. The van der Waals surface area contributed by atoms with Crippen LogP contribution in [0, 0.1) is 17.6 Å². The fourth-order valence-electron chi connectivity index (χ4n) is 3.90. The number of benzene rings is 2. The minimum absolute atomic E-state index is 0.0215. The van der Waals surface area contributed by atoms with E-state index in [2.05, 4.69) is 11.4 Å². The maximum Gasteiger partial charge on any atom is 0.337 e. The molecule has 1 aliphatic heterocycles. The van der Waals surface area contributed by atoms with Crippen LogP contribution in [0.2, 0.25) is 0 Å². The van der Waals surface area contributed by atoms with Gasteiger partial charge in [0, 0.05) is 12.0 Å². The van der Waals surface area contributed by atoms with E-state index in [0.717, 1.165) is 18.1 Å². The quantitative estimate of drug-likeness (QED) is 0.642. The number of nitrogens with one attached hydrogen (secondary N) is 1. The van der Waals surface area contributed by atoms with Gasteiger partial charge < -0.3 is 10.1 Å². The second-order valence-corrected chi connectivity index (χ2v) is 6.44. The van der Waals surface area contributed by atoms with Gasteiger partial charge in [0.1, 0.15) is 11.6 Å². The molecule has 3 atom stereocenters. The van der Waals surface area contributed by atoms with Crippen LogP contribution in [0.1, 0.15) is 39.9 Å². The fourth-order valence-corrected chi connectivity index (χ4v) is 3.90. The zero-order chi connectivity index (χ0) is 17.6. The Morgan fingerprint density at radius 3 is 2.68 bits per heavy atom. The molecular formula is C20H17F2NO2. The normalized spacial score (nSPS) is 23.6. The number of halogens is 2. The third-order valence-corrected chi connectivity index (χ3v) is 5.08. The number of hydrogen-bond acceptors (Lipinski definition) is 3. The van der Waals surface area contributed by atoms with Crippen LogP contribution in [0.4, 0.5) is 14.5 Å². The highest BCUT2D eigenvalue weighted by Crippen LogP contribution is 2.50. The van der Waals surface area contributed by atoms with E-state index in [1.807, 2.05) is 18.2 Å². The van der Waals surface area contributed by atoms with E-state index in [1.54, 1.807) is 12.1 Å². The Morgan fingerprint density at radius 2 is 1.96 bits per heavy atom. The lowest BCUT2D eigenvalue weighted by molar-refractivity contribution is 0.0600. The topological polar surface area (TPSA) is 38.3 Å². The molecule has 0 saturated carbocycles. The first-order valence-electron chi connectivity index (χ1n) is 8.19. The lowest BCUT2D eigenvalue weighted by atomic mass is 9.77. The number of hydrogen-bond donors (Lipinski definition) is 1. The zero-order valence-electron chi connectivity index (χ0n) is 13.6. The van der Waals surface area contributed by atoms with Gasteiger partial charge in [-0.3, -0.25) is 0 Å². The molecule has 1 N–H and O–H groups in total. The minimum atomic E-state index is -0.579. The molecule has 2 aromatic carbocycles. The van der Waals surface area contributed by atoms with E-state index in [0.29, 0.717) is 16.8 Å². The molecule has 25 heavy (non-hydrogen) atoms. The molecule has 0 aromatic heterocycles. The van der Waals surface area contributed by atoms with E-state index in [9.17, 15) is 13.6 Å². The van der Waals surface area contributed by atoms with E-state index in [1.165, 1.54) is 13.2 Å². The SMILES string of the molecule is COC(=O)c1ccc([C@@H]2Nc3c(F)cc(F)cc3[C@@H]3C=CC[C@@H]32)cc1. The average molecular weight is 341 g/mol. The molecule has 0 amide bonds. The molecule has 1 heterocycles. The Labute approximate surface area is 144 Å². The Balaban J connectivity index is 1.73. The first-order chi connectivity index (χ1) is 12.1. The molecule has 0 saturated heterocycles. The van der Waals surface area contributed by atoms with Crippen LogP contribution < -0.4 is 5.32 Å². The minimum Gasteiger partial charge on any atom is -0.465 e. The summed E-state index contributed by atoms with van der Waals surface area (Å²) in [6.45, 7) is 0. The van der Waals surface area contributed by atoms with Crippen LogP contribution in [0.5, 0.6) is 0 Å². The maximum atomic E-state index is 14.3. The molecule has 0 unspecified atom stereocenters. The average Bonchev–Trinajstić information content (AvgIpc) is 3.11. The Kier molecular flexibility index (Phi) is 3.79. The van der Waals surface area contributed by atoms with Crippen molar-refractivity contribution in [1.82, 2.24) is 0 Å². The van der Waals surface area contributed by atoms with Gasteiger partial charge >= 0.3 is 5.97 Å². The van der Waals surface area contributed by atoms with Crippen molar-refractivity contribution in [2.24, 2.45) is 5.92 Å². The van der Waals surface area contributed by atoms with Crippen molar-refractivity contribution < 1.29 is 18.3 Å². The van der Waals surface area contributed by atoms with E-state index in [-0.39, 0.29) is 17.9 Å². The standard InChI is InChI=1S/C20H17F2NO2/c1-25-20(24)12-7-5-11(6-8-12)18-15-4-2-3-14(15)16-9-13(21)10-17(22)19(16)23-18/h2-3,5-10,14-15,18,23H,4H2,1H3/t14-,15+,18+/m1/s1. The second kappa shape index (κ2) is 5.99. The molecule has 2 aliphatic rings. The van der Waals surface area contributed by atoms with E-state index in [4.69, 9.17) is 4.74 Å². The molecule has 5 heteroatoms. The molecule has 1 aliphatic carbocycles. The lowest BCUT2D eigenvalue weighted by Gasteiger charge is -2.37. The van der Waals surface area contributed by atoms with Gasteiger partial charge in [-0.15, -0.1) is 0 Å². The van der Waals surface area contributed by atoms with Gasteiger partial charge in [0.2, 0.25) is 0 Å². The molecule has 0 radical (unpaired) electrons. The Hall–Kier alpha value is -2.69. The largest absolute Gasteiger partial charge is 0.465 e. The summed E-state index contributed by atoms with van der Waals surface area (Å²) in [5, 5.41) is 3.25. The summed E-state index contributed by atoms with van der Waals surface area (Å²) in [6.07, 6.45) is 4.92. The lowest BCUT2D eigenvalue weighted by Crippen LogP contribution is -2.30. The number of rotatable bonds is 2. The number of methoxy groups -OCH3 is 1. The van der Waals surface area contributed by atoms with Crippen molar-refractivity contribution in [3.05, 3.63) is 76.9 Å². The number of esters is 1. The summed E-state index contributed by atoms with van der Waals surface area (Å²) in [6, 6.07) is 9.32. The van der Waals surface area contributed by atoms with Gasteiger partial charge in [0.25, 0.3) is 0 Å². The van der Waals surface area contributed by atoms with Crippen LogP contribution in [-0.2, 0) is 4.74 Å². The van der Waals surface area contributed by atoms with Crippen molar-refractivity contribution in [3.8, 4) is 0 Å². The zero-order valence-corrected chi connectivity index (χ0v) is 13.6. The highest BCUT2D eigenvalue weighted by atomic mass is 19.1. The summed E-state index contributed by atoms with van der Waals surface area (Å²) >= 11 is 0. The molecule has 0 fully saturated rings. The fraction of sp³-hybridized carbons (Fsp3) is 0.250. The molecule has 0 spiro atoms. The Morgan fingerprint density at radius 1 is 1.20 bits per heavy atom. The monoisotopic (exact) mass is 341 g/mol. The van der Waals surface area contributed by atoms with Crippen molar-refractivity contribution in [3.63, 3.8) is 0 Å². The van der Waals surface area contributed by atoms with Gasteiger partial charge in [0.05, 0.1) is 24.4 Å². The second-order valence-electron chi connectivity index (χ2n) is 6.44. The summed E-state index contributed by atoms with van der Waals surface area (Å²) < 4.78 is 32.7. The number of carbonyl (C=O) groups excluding carboxylic acids is 1. The molecule has 3 nitrogen and oxygen atoms in total. The van der Waals surface area contributed by atoms with Crippen molar-refractivity contribution in [2.45, 2.75) is 18.4 Å². The van der Waals surface area contributed by atoms with Gasteiger partial charge in [-0.05, 0) is 41.7 Å². The number of allylic oxidation sites excluding steroid dienone is 2. The van der Waals surface area contributed by atoms with Crippen LogP contribution in [0.15, 0.2) is 48.6 Å². The number of carbonyl (C=O) groups is 1. The Bertz CT molecular complexity index is 861. The number of ether oxygens (including phenoxy) is 1. The highest BCUT2D eigenvalue weighted by Gasteiger charge is 2.39. The number of fused-ring (bicyclic) bond motifs is 3. The van der Waals surface area contributed by atoms with Crippen LogP contribution in [0.3, 0.4) is 0 Å².